The number of phenols is 1. The van der Waals surface area contributed by atoms with Gasteiger partial charge in [-0.3, -0.25) is 4.79 Å². The van der Waals surface area contributed by atoms with Crippen LogP contribution in [0.15, 0.2) is 48.5 Å². The maximum atomic E-state index is 12.0. The number of ketones is 1. The average molecular weight is 284 g/mol. The van der Waals surface area contributed by atoms with Crippen LogP contribution in [0.5, 0.6) is 17.2 Å². The van der Waals surface area contributed by atoms with Crippen LogP contribution in [0, 0.1) is 0 Å². The molecular weight excluding hydrogens is 268 g/mol. The Kier molecular flexibility index (Phi) is 4.61. The van der Waals surface area contributed by atoms with Gasteiger partial charge in [-0.05, 0) is 48.0 Å². The number of ether oxygens (including phenoxy) is 2. The summed E-state index contributed by atoms with van der Waals surface area (Å²) in [6.45, 7) is 0. The van der Waals surface area contributed by atoms with Gasteiger partial charge >= 0.3 is 0 Å². The van der Waals surface area contributed by atoms with E-state index in [1.54, 1.807) is 49.6 Å². The van der Waals surface area contributed by atoms with E-state index in [0.717, 1.165) is 0 Å². The van der Waals surface area contributed by atoms with Crippen LogP contribution in [0.3, 0.4) is 0 Å². The van der Waals surface area contributed by atoms with E-state index in [4.69, 9.17) is 9.47 Å². The Morgan fingerprint density at radius 3 is 2.29 bits per heavy atom. The van der Waals surface area contributed by atoms with Crippen LogP contribution in [0.4, 0.5) is 0 Å². The molecule has 2 aromatic carbocycles. The molecule has 0 fully saturated rings. The second-order valence-corrected chi connectivity index (χ2v) is 4.39. The van der Waals surface area contributed by atoms with Crippen molar-refractivity contribution >= 4 is 11.9 Å². The van der Waals surface area contributed by atoms with Gasteiger partial charge in [0.15, 0.2) is 5.78 Å². The quantitative estimate of drug-likeness (QED) is 0.676. The average Bonchev–Trinajstić information content (AvgIpc) is 2.52. The number of phenolic OH excluding ortho intramolecular Hbond substituents is 1. The molecule has 2 rings (SSSR count). The third kappa shape index (κ3) is 3.86. The van der Waals surface area contributed by atoms with Gasteiger partial charge in [-0.2, -0.15) is 0 Å². The third-order valence-electron chi connectivity index (χ3n) is 2.95. The van der Waals surface area contributed by atoms with Gasteiger partial charge < -0.3 is 14.6 Å². The number of allylic oxidation sites excluding steroid dienone is 1. The maximum Gasteiger partial charge on any atom is 0.185 e. The van der Waals surface area contributed by atoms with Crippen molar-refractivity contribution in [3.8, 4) is 17.2 Å². The molecule has 0 unspecified atom stereocenters. The van der Waals surface area contributed by atoms with Crippen LogP contribution >= 0.6 is 0 Å². The highest BCUT2D eigenvalue weighted by Crippen LogP contribution is 2.22. The lowest BCUT2D eigenvalue weighted by Crippen LogP contribution is -1.94. The lowest BCUT2D eigenvalue weighted by Gasteiger charge is -2.03. The number of aromatic hydroxyl groups is 1. The largest absolute Gasteiger partial charge is 0.508 e. The summed E-state index contributed by atoms with van der Waals surface area (Å²) in [5, 5.41) is 9.55. The van der Waals surface area contributed by atoms with E-state index in [1.807, 2.05) is 0 Å². The Hall–Kier alpha value is -2.75. The Balaban J connectivity index is 2.16. The first-order valence-corrected chi connectivity index (χ1v) is 6.37. The van der Waals surface area contributed by atoms with E-state index < -0.39 is 0 Å². The van der Waals surface area contributed by atoms with Crippen LogP contribution < -0.4 is 9.47 Å². The first-order valence-electron chi connectivity index (χ1n) is 6.37. The molecule has 0 spiro atoms. The number of hydrogen-bond donors (Lipinski definition) is 1. The zero-order valence-corrected chi connectivity index (χ0v) is 11.9. The number of carbonyl (C=O) groups is 1. The monoisotopic (exact) mass is 284 g/mol. The predicted octanol–water partition coefficient (Wildman–Crippen LogP) is 3.31. The van der Waals surface area contributed by atoms with Gasteiger partial charge in [0.2, 0.25) is 0 Å². The Morgan fingerprint density at radius 2 is 1.67 bits per heavy atom. The summed E-state index contributed by atoms with van der Waals surface area (Å²) < 4.78 is 10.1. The molecule has 0 radical (unpaired) electrons. The summed E-state index contributed by atoms with van der Waals surface area (Å²) in [4.78, 5) is 12.0. The van der Waals surface area contributed by atoms with E-state index in [-0.39, 0.29) is 11.5 Å². The summed E-state index contributed by atoms with van der Waals surface area (Å²) in [7, 11) is 3.09. The standard InChI is InChI=1S/C17H16O4/c1-20-15-6-4-13(5-7-15)17(19)8-3-12-9-14(18)11-16(10-12)21-2/h3-11,18H,1-2H3/b8-3+. The van der Waals surface area contributed by atoms with E-state index >= 15 is 0 Å². The van der Waals surface area contributed by atoms with Crippen molar-refractivity contribution in [3.05, 3.63) is 59.7 Å². The maximum absolute atomic E-state index is 12.0. The Bertz CT molecular complexity index is 657. The second kappa shape index (κ2) is 6.61. The highest BCUT2D eigenvalue weighted by molar-refractivity contribution is 6.06. The van der Waals surface area contributed by atoms with Crippen molar-refractivity contribution in [2.45, 2.75) is 0 Å². The number of methoxy groups -OCH3 is 2. The molecule has 4 nitrogen and oxygen atoms in total. The lowest BCUT2D eigenvalue weighted by atomic mass is 10.1. The van der Waals surface area contributed by atoms with Crippen molar-refractivity contribution in [1.82, 2.24) is 0 Å². The molecule has 0 aromatic heterocycles. The summed E-state index contributed by atoms with van der Waals surface area (Å²) in [5.41, 5.74) is 1.26. The first-order chi connectivity index (χ1) is 10.1. The molecule has 0 heterocycles. The van der Waals surface area contributed by atoms with Gasteiger partial charge in [0, 0.05) is 11.6 Å². The first kappa shape index (κ1) is 14.7. The van der Waals surface area contributed by atoms with Crippen LogP contribution in [0.1, 0.15) is 15.9 Å². The fourth-order valence-corrected chi connectivity index (χ4v) is 1.84. The number of rotatable bonds is 5. The van der Waals surface area contributed by atoms with Gasteiger partial charge in [-0.15, -0.1) is 0 Å². The Morgan fingerprint density at radius 1 is 1.00 bits per heavy atom. The zero-order valence-electron chi connectivity index (χ0n) is 11.9. The van der Waals surface area contributed by atoms with Crippen molar-refractivity contribution < 1.29 is 19.4 Å². The van der Waals surface area contributed by atoms with Crippen LogP contribution in [-0.4, -0.2) is 25.1 Å². The van der Waals surface area contributed by atoms with Gasteiger partial charge in [0.25, 0.3) is 0 Å². The zero-order chi connectivity index (χ0) is 15.2. The number of benzene rings is 2. The topological polar surface area (TPSA) is 55.8 Å². The normalized spacial score (nSPS) is 10.6. The third-order valence-corrected chi connectivity index (χ3v) is 2.95. The van der Waals surface area contributed by atoms with E-state index in [2.05, 4.69) is 0 Å². The molecule has 0 aliphatic rings. The predicted molar refractivity (Wildman–Crippen MR) is 81.0 cm³/mol. The molecule has 4 heteroatoms. The molecule has 2 aromatic rings. The number of carbonyl (C=O) groups excluding carboxylic acids is 1. The molecule has 0 aliphatic carbocycles. The van der Waals surface area contributed by atoms with Crippen LogP contribution in [-0.2, 0) is 0 Å². The van der Waals surface area contributed by atoms with Crippen LogP contribution in [0.2, 0.25) is 0 Å². The molecule has 21 heavy (non-hydrogen) atoms. The summed E-state index contributed by atoms with van der Waals surface area (Å²) >= 11 is 0. The summed E-state index contributed by atoms with van der Waals surface area (Å²) in [6.07, 6.45) is 3.09. The van der Waals surface area contributed by atoms with Gasteiger partial charge in [-0.25, -0.2) is 0 Å². The molecule has 0 aliphatic heterocycles. The highest BCUT2D eigenvalue weighted by Gasteiger charge is 2.03. The fraction of sp³-hybridized carbons (Fsp3) is 0.118. The fourth-order valence-electron chi connectivity index (χ4n) is 1.84. The molecule has 0 atom stereocenters. The van der Waals surface area contributed by atoms with Crippen LogP contribution in [0.25, 0.3) is 6.08 Å². The van der Waals surface area contributed by atoms with Crippen molar-refractivity contribution in [3.63, 3.8) is 0 Å². The Labute approximate surface area is 123 Å². The molecule has 0 bridgehead atoms. The SMILES string of the molecule is COc1ccc(C(=O)/C=C/c2cc(O)cc(OC)c2)cc1. The molecule has 0 saturated heterocycles. The number of hydrogen-bond acceptors (Lipinski definition) is 4. The van der Waals surface area contributed by atoms with E-state index in [0.29, 0.717) is 22.6 Å². The van der Waals surface area contributed by atoms with Gasteiger partial charge in [0.05, 0.1) is 14.2 Å². The van der Waals surface area contributed by atoms with Gasteiger partial charge in [-0.1, -0.05) is 6.08 Å². The summed E-state index contributed by atoms with van der Waals surface area (Å²) in [6, 6.07) is 11.7. The van der Waals surface area contributed by atoms with Crippen molar-refractivity contribution in [2.75, 3.05) is 14.2 Å². The van der Waals surface area contributed by atoms with Crippen molar-refractivity contribution in [2.24, 2.45) is 0 Å². The minimum atomic E-state index is -0.125. The van der Waals surface area contributed by atoms with Crippen molar-refractivity contribution in [1.29, 1.82) is 0 Å². The molecule has 0 saturated carbocycles. The molecule has 108 valence electrons. The molecule has 1 N–H and O–H groups in total. The lowest BCUT2D eigenvalue weighted by molar-refractivity contribution is 0.104. The molecule has 0 amide bonds. The second-order valence-electron chi connectivity index (χ2n) is 4.39. The minimum Gasteiger partial charge on any atom is -0.508 e. The summed E-state index contributed by atoms with van der Waals surface area (Å²) in [5.74, 6) is 1.20. The minimum absolute atomic E-state index is 0.0888. The van der Waals surface area contributed by atoms with Gasteiger partial charge in [0.1, 0.15) is 17.2 Å². The molecular formula is C17H16O4. The van der Waals surface area contributed by atoms with E-state index in [9.17, 15) is 9.90 Å². The van der Waals surface area contributed by atoms with E-state index in [1.165, 1.54) is 19.3 Å². The smallest absolute Gasteiger partial charge is 0.185 e. The highest BCUT2D eigenvalue weighted by atomic mass is 16.5.